The topological polar surface area (TPSA) is 49.4 Å². The van der Waals surface area contributed by atoms with Gasteiger partial charge in [-0.2, -0.15) is 4.98 Å². The Bertz CT molecular complexity index is 943. The highest BCUT2D eigenvalue weighted by Gasteiger charge is 2.22. The third-order valence-corrected chi connectivity index (χ3v) is 5.10. The summed E-state index contributed by atoms with van der Waals surface area (Å²) in [5, 5.41) is 8.52. The zero-order valence-corrected chi connectivity index (χ0v) is 16.4. The zero-order chi connectivity index (χ0) is 19.3. The Hall–Kier alpha value is -2.89. The highest BCUT2D eigenvalue weighted by atomic mass is 16.7. The van der Waals surface area contributed by atoms with Gasteiger partial charge in [0.25, 0.3) is 0 Å². The van der Waals surface area contributed by atoms with E-state index in [4.69, 9.17) is 4.84 Å². The van der Waals surface area contributed by atoms with E-state index < -0.39 is 0 Å². The van der Waals surface area contributed by atoms with E-state index in [2.05, 4.69) is 71.1 Å². The molecule has 1 aromatic heterocycles. The van der Waals surface area contributed by atoms with Gasteiger partial charge in [0.05, 0.1) is 6.54 Å². The van der Waals surface area contributed by atoms with E-state index in [9.17, 15) is 0 Å². The van der Waals surface area contributed by atoms with Crippen molar-refractivity contribution in [1.82, 2.24) is 15.4 Å². The van der Waals surface area contributed by atoms with Gasteiger partial charge >= 0.3 is 0 Å². The number of hydroxylamine groups is 2. The number of nitrogens with zero attached hydrogens (tertiary/aromatic N) is 2. The number of rotatable bonds is 7. The fraction of sp³-hybridized carbons (Fsp3) is 0.261. The number of likely N-dealkylation sites (N-methyl/N-ethyl adjacent to an activating group) is 1. The van der Waals surface area contributed by atoms with E-state index >= 15 is 0 Å². The number of anilines is 1. The molecule has 3 aromatic rings. The first-order valence-corrected chi connectivity index (χ1v) is 9.70. The van der Waals surface area contributed by atoms with E-state index in [1.165, 1.54) is 22.3 Å². The molecule has 28 heavy (non-hydrogen) atoms. The number of hydrogen-bond donors (Lipinski definition) is 2. The van der Waals surface area contributed by atoms with Crippen LogP contribution in [0.25, 0.3) is 11.1 Å². The van der Waals surface area contributed by atoms with Gasteiger partial charge in [-0.1, -0.05) is 48.5 Å². The molecule has 5 nitrogen and oxygen atoms in total. The molecule has 0 radical (unpaired) electrons. The van der Waals surface area contributed by atoms with Crippen LogP contribution in [0, 0.1) is 6.92 Å². The Balaban J connectivity index is 1.45. The lowest BCUT2D eigenvalue weighted by Crippen LogP contribution is -2.29. The molecule has 1 aliphatic rings. The molecule has 0 aliphatic carbocycles. The summed E-state index contributed by atoms with van der Waals surface area (Å²) in [6, 6.07) is 21.1. The molecule has 0 atom stereocenters. The summed E-state index contributed by atoms with van der Waals surface area (Å²) in [4.78, 5) is 10.5. The monoisotopic (exact) mass is 374 g/mol. The van der Waals surface area contributed by atoms with Gasteiger partial charge in [-0.25, -0.2) is 0 Å². The summed E-state index contributed by atoms with van der Waals surface area (Å²) in [5.41, 5.74) is 6.19. The van der Waals surface area contributed by atoms with Crippen molar-refractivity contribution in [2.45, 2.75) is 20.0 Å². The van der Waals surface area contributed by atoms with Crippen molar-refractivity contribution in [3.05, 3.63) is 77.4 Å². The Labute approximate surface area is 166 Å². The predicted molar refractivity (Wildman–Crippen MR) is 113 cm³/mol. The first kappa shape index (κ1) is 18.5. The van der Waals surface area contributed by atoms with Crippen LogP contribution in [0.4, 0.5) is 5.82 Å². The molecule has 0 saturated carbocycles. The van der Waals surface area contributed by atoms with Crippen molar-refractivity contribution < 1.29 is 4.84 Å². The molecule has 5 heteroatoms. The number of nitrogens with one attached hydrogen (secondary N) is 2. The average Bonchev–Trinajstić information content (AvgIpc) is 3.14. The number of benzene rings is 2. The second-order valence-electron chi connectivity index (χ2n) is 7.03. The first-order valence-electron chi connectivity index (χ1n) is 9.70. The quantitative estimate of drug-likeness (QED) is 0.655. The van der Waals surface area contributed by atoms with Crippen molar-refractivity contribution in [1.29, 1.82) is 0 Å². The van der Waals surface area contributed by atoms with Crippen LogP contribution in [0.2, 0.25) is 0 Å². The van der Waals surface area contributed by atoms with E-state index in [-0.39, 0.29) is 0 Å². The molecule has 144 valence electrons. The molecule has 2 heterocycles. The summed E-state index contributed by atoms with van der Waals surface area (Å²) >= 11 is 0. The van der Waals surface area contributed by atoms with Crippen molar-refractivity contribution >= 4 is 5.82 Å². The van der Waals surface area contributed by atoms with Gasteiger partial charge in [-0.15, -0.1) is 5.06 Å². The van der Waals surface area contributed by atoms with Gasteiger partial charge in [-0.05, 0) is 48.4 Å². The molecule has 2 aromatic carbocycles. The molecule has 0 bridgehead atoms. The highest BCUT2D eigenvalue weighted by molar-refractivity contribution is 5.68. The Morgan fingerprint density at radius 1 is 1.04 bits per heavy atom. The number of aromatic nitrogens is 1. The van der Waals surface area contributed by atoms with Gasteiger partial charge in [0, 0.05) is 25.2 Å². The van der Waals surface area contributed by atoms with E-state index in [0.717, 1.165) is 37.6 Å². The van der Waals surface area contributed by atoms with Crippen molar-refractivity contribution in [2.24, 2.45) is 0 Å². The van der Waals surface area contributed by atoms with Crippen LogP contribution in [0.1, 0.15) is 16.7 Å². The predicted octanol–water partition coefficient (Wildman–Crippen LogP) is 4.00. The lowest BCUT2D eigenvalue weighted by Gasteiger charge is -2.14. The standard InChI is InChI=1S/C23H26N4O/c1-17-19(9-6-10-21(17)18-7-4-3-5-8-18)15-25-22-12-11-20-16-27(14-13-24-2)28-23(20)26-22/h3-12,24H,13-16H2,1-2H3,(H,25,26). The van der Waals surface area contributed by atoms with Crippen LogP contribution in [-0.2, 0) is 13.1 Å². The van der Waals surface area contributed by atoms with Crippen LogP contribution >= 0.6 is 0 Å². The lowest BCUT2D eigenvalue weighted by molar-refractivity contribution is -0.0439. The molecule has 1 aliphatic heterocycles. The minimum absolute atomic E-state index is 0.705. The van der Waals surface area contributed by atoms with Gasteiger partial charge in [0.2, 0.25) is 5.88 Å². The number of hydrogen-bond acceptors (Lipinski definition) is 5. The summed E-state index contributed by atoms with van der Waals surface area (Å²) in [6.07, 6.45) is 0. The normalized spacial score (nSPS) is 13.2. The summed E-state index contributed by atoms with van der Waals surface area (Å²) in [5.74, 6) is 1.54. The van der Waals surface area contributed by atoms with Crippen molar-refractivity contribution in [3.63, 3.8) is 0 Å². The average molecular weight is 374 g/mol. The van der Waals surface area contributed by atoms with E-state index in [1.807, 2.05) is 24.2 Å². The second-order valence-corrected chi connectivity index (χ2v) is 7.03. The van der Waals surface area contributed by atoms with Crippen LogP contribution in [-0.4, -0.2) is 30.2 Å². The summed E-state index contributed by atoms with van der Waals surface area (Å²) in [7, 11) is 1.94. The Morgan fingerprint density at radius 3 is 2.71 bits per heavy atom. The molecule has 2 N–H and O–H groups in total. The second kappa shape index (κ2) is 8.42. The molecule has 0 spiro atoms. The Kier molecular flexibility index (Phi) is 5.55. The zero-order valence-electron chi connectivity index (χ0n) is 16.4. The fourth-order valence-corrected chi connectivity index (χ4v) is 3.46. The maximum atomic E-state index is 5.84. The molecule has 0 unspecified atom stereocenters. The summed E-state index contributed by atoms with van der Waals surface area (Å²) < 4.78 is 0. The third-order valence-electron chi connectivity index (χ3n) is 5.10. The largest absolute Gasteiger partial charge is 0.385 e. The molecule has 0 amide bonds. The molecule has 0 fully saturated rings. The number of fused-ring (bicyclic) bond motifs is 1. The Morgan fingerprint density at radius 2 is 1.89 bits per heavy atom. The van der Waals surface area contributed by atoms with Gasteiger partial charge < -0.3 is 15.5 Å². The highest BCUT2D eigenvalue weighted by Crippen LogP contribution is 2.28. The van der Waals surface area contributed by atoms with Crippen LogP contribution in [0.15, 0.2) is 60.7 Å². The minimum Gasteiger partial charge on any atom is -0.385 e. The van der Waals surface area contributed by atoms with Gasteiger partial charge in [0.15, 0.2) is 0 Å². The van der Waals surface area contributed by atoms with Gasteiger partial charge in [0.1, 0.15) is 5.82 Å². The van der Waals surface area contributed by atoms with Gasteiger partial charge in [-0.3, -0.25) is 0 Å². The summed E-state index contributed by atoms with van der Waals surface area (Å²) in [6.45, 7) is 5.40. The SMILES string of the molecule is CNCCN1Cc2ccc(NCc3cccc(-c4ccccc4)c3C)nc2O1. The van der Waals surface area contributed by atoms with Crippen LogP contribution in [0.5, 0.6) is 5.88 Å². The first-order chi connectivity index (χ1) is 13.7. The van der Waals surface area contributed by atoms with Crippen molar-refractivity contribution in [3.8, 4) is 17.0 Å². The molecule has 4 rings (SSSR count). The lowest BCUT2D eigenvalue weighted by atomic mass is 9.96. The van der Waals surface area contributed by atoms with Crippen molar-refractivity contribution in [2.75, 3.05) is 25.5 Å². The van der Waals surface area contributed by atoms with Crippen LogP contribution in [0.3, 0.4) is 0 Å². The van der Waals surface area contributed by atoms with E-state index in [1.54, 1.807) is 0 Å². The molecular weight excluding hydrogens is 348 g/mol. The molecule has 0 saturated heterocycles. The van der Waals surface area contributed by atoms with Crippen LogP contribution < -0.4 is 15.5 Å². The third kappa shape index (κ3) is 4.01. The maximum absolute atomic E-state index is 5.84. The van der Waals surface area contributed by atoms with E-state index in [0.29, 0.717) is 5.88 Å². The fourth-order valence-electron chi connectivity index (χ4n) is 3.46. The maximum Gasteiger partial charge on any atom is 0.244 e. The number of pyridine rings is 1. The smallest absolute Gasteiger partial charge is 0.244 e. The molecular formula is C23H26N4O. The minimum atomic E-state index is 0.705.